The lowest BCUT2D eigenvalue weighted by atomic mass is 9.99. The summed E-state index contributed by atoms with van der Waals surface area (Å²) in [5.74, 6) is 0.144. The Morgan fingerprint density at radius 3 is 2.61 bits per heavy atom. The van der Waals surface area contributed by atoms with Gasteiger partial charge in [-0.2, -0.15) is 0 Å². The van der Waals surface area contributed by atoms with E-state index in [0.717, 1.165) is 10.9 Å². The van der Waals surface area contributed by atoms with Gasteiger partial charge in [0.05, 0.1) is 6.20 Å². The van der Waals surface area contributed by atoms with E-state index in [1.54, 1.807) is 0 Å². The Kier molecular flexibility index (Phi) is 4.65. The molecule has 0 atom stereocenters. The van der Waals surface area contributed by atoms with Crippen LogP contribution in [0, 0.1) is 0 Å². The summed E-state index contributed by atoms with van der Waals surface area (Å²) in [7, 11) is 0. The number of ketones is 1. The molecule has 0 unspecified atom stereocenters. The van der Waals surface area contributed by atoms with Gasteiger partial charge in [0.2, 0.25) is 5.78 Å². The summed E-state index contributed by atoms with van der Waals surface area (Å²) in [6.45, 7) is 2.39. The minimum atomic E-state index is 0.144. The fourth-order valence-electron chi connectivity index (χ4n) is 2.73. The monoisotopic (exact) mass is 302 g/mol. The van der Waals surface area contributed by atoms with Crippen molar-refractivity contribution in [2.75, 3.05) is 6.54 Å². The van der Waals surface area contributed by atoms with Crippen molar-refractivity contribution in [3.05, 3.63) is 84.6 Å². The van der Waals surface area contributed by atoms with Gasteiger partial charge < -0.3 is 5.32 Å². The Bertz CT molecular complexity index is 906. The topological polar surface area (TPSA) is 33.7 Å². The largest absolute Gasteiger partial charge is 0.314 e. The van der Waals surface area contributed by atoms with E-state index in [9.17, 15) is 4.79 Å². The first-order valence-electron chi connectivity index (χ1n) is 7.85. The number of rotatable bonds is 5. The smallest absolute Gasteiger partial charge is 0.217 e. The van der Waals surface area contributed by atoms with Crippen LogP contribution in [-0.2, 0) is 0 Å². The first-order chi connectivity index (χ1) is 11.3. The lowest BCUT2D eigenvalue weighted by Crippen LogP contribution is -2.79. The Labute approximate surface area is 136 Å². The number of allylic oxidation sites excluding steroid dienone is 3. The van der Waals surface area contributed by atoms with Crippen molar-refractivity contribution in [3.8, 4) is 0 Å². The summed E-state index contributed by atoms with van der Waals surface area (Å²) < 4.78 is 0. The molecule has 2 heteroatoms. The number of fused-ring (bicyclic) bond motifs is 3. The van der Waals surface area contributed by atoms with Crippen LogP contribution in [0.25, 0.3) is 21.5 Å². The minimum absolute atomic E-state index is 0.144. The van der Waals surface area contributed by atoms with Gasteiger partial charge in [-0.05, 0) is 40.6 Å². The van der Waals surface area contributed by atoms with Crippen LogP contribution in [-0.4, -0.2) is 12.3 Å². The molecule has 0 saturated heterocycles. The number of quaternary nitrogens is 1. The van der Waals surface area contributed by atoms with Gasteiger partial charge in [0, 0.05) is 5.56 Å². The Morgan fingerprint density at radius 1 is 0.957 bits per heavy atom. The first kappa shape index (κ1) is 15.2. The number of nitrogens with two attached hydrogens (primary N) is 1. The molecular weight excluding hydrogens is 282 g/mol. The first-order valence-corrected chi connectivity index (χ1v) is 7.85. The molecule has 3 rings (SSSR count). The Balaban J connectivity index is 1.85. The standard InChI is InChI=1S/C21H19NO/c1-2-3-6-13-22-15-21(23)18-11-12-20-17(14-18)10-9-16-7-4-5-8-19(16)20/h2-14,22H,15H2,1H3/p+1/b3-2-,13-6-. The van der Waals surface area contributed by atoms with Gasteiger partial charge >= 0.3 is 0 Å². The zero-order valence-corrected chi connectivity index (χ0v) is 13.2. The molecule has 114 valence electrons. The van der Waals surface area contributed by atoms with Crippen LogP contribution < -0.4 is 5.32 Å². The maximum absolute atomic E-state index is 12.3. The number of Topliss-reactive ketones (excluding diaryl/α,β-unsaturated/α-hetero) is 1. The Hall–Kier alpha value is -2.71. The molecule has 0 aliphatic heterocycles. The SMILES string of the molecule is C/C=C\C=C/[NH2+]CC(=O)c1ccc2c(ccc3ccccc32)c1. The van der Waals surface area contributed by atoms with E-state index < -0.39 is 0 Å². The molecule has 0 saturated carbocycles. The summed E-state index contributed by atoms with van der Waals surface area (Å²) in [5.41, 5.74) is 0.767. The number of carbonyl (C=O) groups is 1. The van der Waals surface area contributed by atoms with E-state index in [4.69, 9.17) is 0 Å². The summed E-state index contributed by atoms with van der Waals surface area (Å²) in [4.78, 5) is 12.3. The van der Waals surface area contributed by atoms with E-state index in [0.29, 0.717) is 6.54 Å². The van der Waals surface area contributed by atoms with Crippen molar-refractivity contribution < 1.29 is 10.1 Å². The second-order valence-corrected chi connectivity index (χ2v) is 5.50. The van der Waals surface area contributed by atoms with Gasteiger partial charge in [0.25, 0.3) is 0 Å². The fourth-order valence-corrected chi connectivity index (χ4v) is 2.73. The highest BCUT2D eigenvalue weighted by atomic mass is 16.1. The average molecular weight is 302 g/mol. The van der Waals surface area contributed by atoms with E-state index in [-0.39, 0.29) is 5.78 Å². The number of hydrogen-bond donors (Lipinski definition) is 1. The third-order valence-corrected chi connectivity index (χ3v) is 3.92. The summed E-state index contributed by atoms with van der Waals surface area (Å²) in [5, 5.41) is 6.65. The van der Waals surface area contributed by atoms with Gasteiger partial charge in [-0.15, -0.1) is 0 Å². The fraction of sp³-hybridized carbons (Fsp3) is 0.0952. The van der Waals surface area contributed by atoms with Crippen molar-refractivity contribution in [1.82, 2.24) is 0 Å². The van der Waals surface area contributed by atoms with Gasteiger partial charge in [0.1, 0.15) is 6.54 Å². The van der Waals surface area contributed by atoms with Crippen LogP contribution in [0.3, 0.4) is 0 Å². The van der Waals surface area contributed by atoms with Crippen LogP contribution in [0.5, 0.6) is 0 Å². The lowest BCUT2D eigenvalue weighted by Gasteiger charge is -2.05. The molecule has 0 radical (unpaired) electrons. The normalized spacial score (nSPS) is 11.9. The molecule has 0 bridgehead atoms. The van der Waals surface area contributed by atoms with Crippen LogP contribution in [0.15, 0.2) is 79.0 Å². The molecule has 0 spiro atoms. The second-order valence-electron chi connectivity index (χ2n) is 5.50. The van der Waals surface area contributed by atoms with Gasteiger partial charge in [-0.25, -0.2) is 0 Å². The molecule has 23 heavy (non-hydrogen) atoms. The maximum atomic E-state index is 12.3. The molecule has 0 aromatic heterocycles. The van der Waals surface area contributed by atoms with E-state index in [1.807, 2.05) is 60.9 Å². The van der Waals surface area contributed by atoms with Gasteiger partial charge in [-0.1, -0.05) is 60.7 Å². The molecule has 0 aliphatic rings. The highest BCUT2D eigenvalue weighted by Crippen LogP contribution is 2.26. The number of benzene rings is 3. The van der Waals surface area contributed by atoms with E-state index >= 15 is 0 Å². The van der Waals surface area contributed by atoms with Crippen molar-refractivity contribution >= 4 is 27.3 Å². The van der Waals surface area contributed by atoms with Crippen molar-refractivity contribution in [2.45, 2.75) is 6.92 Å². The van der Waals surface area contributed by atoms with Crippen LogP contribution in [0.4, 0.5) is 0 Å². The molecule has 0 fully saturated rings. The predicted octanol–water partition coefficient (Wildman–Crippen LogP) is 3.83. The summed E-state index contributed by atoms with van der Waals surface area (Å²) in [6.07, 6.45) is 7.74. The quantitative estimate of drug-likeness (QED) is 0.434. The molecule has 0 heterocycles. The molecule has 0 aliphatic carbocycles. The molecule has 3 aromatic carbocycles. The average Bonchev–Trinajstić information content (AvgIpc) is 2.60. The van der Waals surface area contributed by atoms with E-state index in [1.165, 1.54) is 16.2 Å². The molecule has 2 nitrogen and oxygen atoms in total. The van der Waals surface area contributed by atoms with Crippen molar-refractivity contribution in [3.63, 3.8) is 0 Å². The highest BCUT2D eigenvalue weighted by Gasteiger charge is 2.08. The maximum Gasteiger partial charge on any atom is 0.217 e. The second kappa shape index (κ2) is 7.03. The molecule has 0 amide bonds. The zero-order valence-electron chi connectivity index (χ0n) is 13.2. The zero-order chi connectivity index (χ0) is 16.1. The van der Waals surface area contributed by atoms with Crippen LogP contribution in [0.1, 0.15) is 17.3 Å². The van der Waals surface area contributed by atoms with Gasteiger partial charge in [-0.3, -0.25) is 4.79 Å². The summed E-state index contributed by atoms with van der Waals surface area (Å²) >= 11 is 0. The molecule has 3 aromatic rings. The third kappa shape index (κ3) is 3.38. The minimum Gasteiger partial charge on any atom is -0.314 e. The Morgan fingerprint density at radius 2 is 1.74 bits per heavy atom. The summed E-state index contributed by atoms with van der Waals surface area (Å²) in [6, 6.07) is 18.5. The highest BCUT2D eigenvalue weighted by molar-refractivity contribution is 6.09. The molecule has 2 N–H and O–H groups in total. The number of carbonyl (C=O) groups excluding carboxylic acids is 1. The van der Waals surface area contributed by atoms with Crippen molar-refractivity contribution in [2.24, 2.45) is 0 Å². The van der Waals surface area contributed by atoms with Crippen LogP contribution >= 0.6 is 0 Å². The third-order valence-electron chi connectivity index (χ3n) is 3.92. The van der Waals surface area contributed by atoms with Crippen LogP contribution in [0.2, 0.25) is 0 Å². The van der Waals surface area contributed by atoms with E-state index in [2.05, 4.69) is 30.3 Å². The lowest BCUT2D eigenvalue weighted by molar-refractivity contribution is -0.574. The van der Waals surface area contributed by atoms with Crippen molar-refractivity contribution in [1.29, 1.82) is 0 Å². The molecular formula is C21H20NO+. The van der Waals surface area contributed by atoms with Gasteiger partial charge in [0.15, 0.2) is 0 Å². The number of hydrogen-bond acceptors (Lipinski definition) is 1. The predicted molar refractivity (Wildman–Crippen MR) is 96.5 cm³/mol.